The molecule has 0 spiro atoms. The van der Waals surface area contributed by atoms with Gasteiger partial charge in [-0.15, -0.1) is 0 Å². The Hall–Kier alpha value is -0.810. The maximum absolute atomic E-state index is 12.3. The lowest BCUT2D eigenvalue weighted by atomic mass is 10.0. The minimum absolute atomic E-state index is 0.183. The average Bonchev–Trinajstić information content (AvgIpc) is 2.89. The smallest absolute Gasteiger partial charge is 0.287 e. The average molecular weight is 389 g/mol. The summed E-state index contributed by atoms with van der Waals surface area (Å²) in [4.78, 5) is 12.3. The van der Waals surface area contributed by atoms with E-state index in [0.29, 0.717) is 16.4 Å². The summed E-state index contributed by atoms with van der Waals surface area (Å²) in [6.07, 6.45) is 0.829. The molecule has 1 amide bonds. The summed E-state index contributed by atoms with van der Waals surface area (Å²) in [6, 6.07) is 9.37. The second-order valence-electron chi connectivity index (χ2n) is 4.50. The molecule has 0 fully saturated rings. The van der Waals surface area contributed by atoms with Crippen molar-refractivity contribution in [2.24, 2.45) is 0 Å². The van der Waals surface area contributed by atoms with Gasteiger partial charge in [0, 0.05) is 16.0 Å². The van der Waals surface area contributed by atoms with E-state index in [0.717, 1.165) is 17.4 Å². The number of carbonyl (C=O) groups is 1. The lowest BCUT2D eigenvalue weighted by Crippen LogP contribution is -2.51. The maximum atomic E-state index is 12.3. The molecule has 1 aromatic heterocycles. The summed E-state index contributed by atoms with van der Waals surface area (Å²) >= 11 is 6.91. The second-order valence-corrected chi connectivity index (χ2v) is 5.63. The third-order valence-electron chi connectivity index (χ3n) is 3.22. The monoisotopic (exact) mass is 387 g/mol. The zero-order valence-corrected chi connectivity index (χ0v) is 13.8. The number of para-hydroxylation sites is 1. The SMILES string of the molecule is CCC(CBr)(CBr)NC(=O)c1cc2ccccc2o1. The first-order valence-corrected chi connectivity index (χ1v) is 8.31. The van der Waals surface area contributed by atoms with Gasteiger partial charge in [0.2, 0.25) is 0 Å². The lowest BCUT2D eigenvalue weighted by molar-refractivity contribution is 0.0889. The van der Waals surface area contributed by atoms with Crippen LogP contribution in [0.15, 0.2) is 34.7 Å². The highest BCUT2D eigenvalue weighted by molar-refractivity contribution is 9.09. The topological polar surface area (TPSA) is 42.2 Å². The number of alkyl halides is 2. The van der Waals surface area contributed by atoms with Gasteiger partial charge in [-0.1, -0.05) is 57.0 Å². The number of hydrogen-bond acceptors (Lipinski definition) is 2. The van der Waals surface area contributed by atoms with E-state index >= 15 is 0 Å². The van der Waals surface area contributed by atoms with Crippen LogP contribution in [0, 0.1) is 0 Å². The van der Waals surface area contributed by atoms with Crippen molar-refractivity contribution in [2.75, 3.05) is 10.7 Å². The summed E-state index contributed by atoms with van der Waals surface area (Å²) in [5.41, 5.74) is 0.434. The molecule has 0 bridgehead atoms. The van der Waals surface area contributed by atoms with Crippen LogP contribution in [0.4, 0.5) is 0 Å². The molecular weight excluding hydrogens is 374 g/mol. The zero-order valence-electron chi connectivity index (χ0n) is 10.6. The van der Waals surface area contributed by atoms with Gasteiger partial charge in [0.25, 0.3) is 5.91 Å². The van der Waals surface area contributed by atoms with Gasteiger partial charge < -0.3 is 9.73 Å². The molecule has 19 heavy (non-hydrogen) atoms. The fourth-order valence-electron chi connectivity index (χ4n) is 1.78. The molecule has 1 aromatic carbocycles. The summed E-state index contributed by atoms with van der Waals surface area (Å²) in [6.45, 7) is 2.04. The van der Waals surface area contributed by atoms with Gasteiger partial charge in [-0.3, -0.25) is 4.79 Å². The Kier molecular flexibility index (Phi) is 4.68. The molecule has 0 radical (unpaired) electrons. The number of fused-ring (bicyclic) bond motifs is 1. The van der Waals surface area contributed by atoms with Gasteiger partial charge in [0.05, 0.1) is 5.54 Å². The number of hydrogen-bond donors (Lipinski definition) is 1. The molecule has 0 atom stereocenters. The van der Waals surface area contributed by atoms with Crippen molar-refractivity contribution < 1.29 is 9.21 Å². The Bertz CT molecular complexity index is 534. The van der Waals surface area contributed by atoms with E-state index < -0.39 is 0 Å². The Morgan fingerprint density at radius 1 is 1.32 bits per heavy atom. The molecule has 0 saturated carbocycles. The van der Waals surface area contributed by atoms with E-state index in [1.165, 1.54) is 0 Å². The quantitative estimate of drug-likeness (QED) is 0.783. The van der Waals surface area contributed by atoms with Gasteiger partial charge in [-0.25, -0.2) is 0 Å². The Morgan fingerprint density at radius 2 is 2.00 bits per heavy atom. The van der Waals surface area contributed by atoms with Gasteiger partial charge in [0.15, 0.2) is 5.76 Å². The number of rotatable bonds is 5. The molecule has 0 aliphatic carbocycles. The first-order valence-electron chi connectivity index (χ1n) is 6.07. The van der Waals surface area contributed by atoms with E-state index in [4.69, 9.17) is 4.42 Å². The van der Waals surface area contributed by atoms with Gasteiger partial charge >= 0.3 is 0 Å². The fraction of sp³-hybridized carbons (Fsp3) is 0.357. The molecule has 0 saturated heterocycles. The van der Waals surface area contributed by atoms with Gasteiger partial charge in [-0.05, 0) is 18.6 Å². The number of nitrogens with one attached hydrogen (secondary N) is 1. The van der Waals surface area contributed by atoms with Crippen molar-refractivity contribution in [3.05, 3.63) is 36.1 Å². The number of furan rings is 1. The summed E-state index contributed by atoms with van der Waals surface area (Å²) in [5.74, 6) is 0.165. The molecule has 1 N–H and O–H groups in total. The fourth-order valence-corrected chi connectivity index (χ4v) is 3.78. The largest absolute Gasteiger partial charge is 0.451 e. The van der Waals surface area contributed by atoms with Crippen LogP contribution in [0.2, 0.25) is 0 Å². The van der Waals surface area contributed by atoms with Gasteiger partial charge in [-0.2, -0.15) is 0 Å². The van der Waals surface area contributed by atoms with E-state index in [9.17, 15) is 4.79 Å². The molecule has 0 unspecified atom stereocenters. The van der Waals surface area contributed by atoms with E-state index in [2.05, 4.69) is 37.2 Å². The van der Waals surface area contributed by atoms with Crippen molar-refractivity contribution in [3.8, 4) is 0 Å². The zero-order chi connectivity index (χ0) is 13.9. The molecular formula is C14H15Br2NO2. The highest BCUT2D eigenvalue weighted by Crippen LogP contribution is 2.21. The van der Waals surface area contributed by atoms with Crippen molar-refractivity contribution in [1.29, 1.82) is 0 Å². The molecule has 2 rings (SSSR count). The predicted octanol–water partition coefficient (Wildman–Crippen LogP) is 4.10. The first-order chi connectivity index (χ1) is 9.14. The highest BCUT2D eigenvalue weighted by atomic mass is 79.9. The summed E-state index contributed by atoms with van der Waals surface area (Å²) in [5, 5.41) is 5.34. The van der Waals surface area contributed by atoms with Crippen LogP contribution in [0.25, 0.3) is 11.0 Å². The standard InChI is InChI=1S/C14H15Br2NO2/c1-2-14(8-15,9-16)17-13(18)12-7-10-5-3-4-6-11(10)19-12/h3-7H,2,8-9H2,1H3,(H,17,18). The van der Waals surface area contributed by atoms with Crippen molar-refractivity contribution in [3.63, 3.8) is 0 Å². The Labute approximate surface area is 129 Å². The van der Waals surface area contributed by atoms with Crippen LogP contribution >= 0.6 is 31.9 Å². The predicted molar refractivity (Wildman–Crippen MR) is 84.3 cm³/mol. The van der Waals surface area contributed by atoms with Crippen molar-refractivity contribution in [2.45, 2.75) is 18.9 Å². The van der Waals surface area contributed by atoms with Crippen LogP contribution in [-0.4, -0.2) is 22.1 Å². The molecule has 1 heterocycles. The van der Waals surface area contributed by atoms with Crippen LogP contribution < -0.4 is 5.32 Å². The van der Waals surface area contributed by atoms with Crippen molar-refractivity contribution in [1.82, 2.24) is 5.32 Å². The lowest BCUT2D eigenvalue weighted by Gasteiger charge is -2.29. The third kappa shape index (κ3) is 3.03. The molecule has 102 valence electrons. The maximum Gasteiger partial charge on any atom is 0.287 e. The van der Waals surface area contributed by atoms with Crippen LogP contribution in [0.3, 0.4) is 0 Å². The minimum atomic E-state index is -0.296. The minimum Gasteiger partial charge on any atom is -0.451 e. The van der Waals surface area contributed by atoms with Gasteiger partial charge in [0.1, 0.15) is 5.58 Å². The molecule has 0 aliphatic heterocycles. The van der Waals surface area contributed by atoms with Crippen LogP contribution in [0.5, 0.6) is 0 Å². The third-order valence-corrected chi connectivity index (χ3v) is 5.36. The molecule has 5 heteroatoms. The van der Waals surface area contributed by atoms with E-state index in [-0.39, 0.29) is 11.4 Å². The highest BCUT2D eigenvalue weighted by Gasteiger charge is 2.29. The number of halogens is 2. The van der Waals surface area contributed by atoms with Crippen LogP contribution in [-0.2, 0) is 0 Å². The first kappa shape index (κ1) is 14.6. The number of carbonyl (C=O) groups excluding carboxylic acids is 1. The summed E-state index contributed by atoms with van der Waals surface area (Å²) in [7, 11) is 0. The number of benzene rings is 1. The van der Waals surface area contributed by atoms with E-state index in [1.807, 2.05) is 31.2 Å². The van der Waals surface area contributed by atoms with E-state index in [1.54, 1.807) is 6.07 Å². The molecule has 2 aromatic rings. The molecule has 0 aliphatic rings. The summed E-state index contributed by atoms with van der Waals surface area (Å²) < 4.78 is 5.57. The van der Waals surface area contributed by atoms with Crippen LogP contribution in [0.1, 0.15) is 23.9 Å². The second kappa shape index (κ2) is 6.09. The number of amides is 1. The Balaban J connectivity index is 2.24. The normalized spacial score (nSPS) is 11.7. The Morgan fingerprint density at radius 3 is 2.58 bits per heavy atom. The molecule has 3 nitrogen and oxygen atoms in total. The van der Waals surface area contributed by atoms with Crippen molar-refractivity contribution >= 4 is 48.7 Å².